The van der Waals surface area contributed by atoms with Gasteiger partial charge in [0.05, 0.1) is 5.60 Å². The molecule has 1 unspecified atom stereocenters. The molecule has 1 heterocycles. The standard InChI is InChI=1S/C12H21NO4/c1-12(17)6-3-8-13(9-7-12)10(14)4-2-5-11(15)16/h17H,2-9H2,1H3,(H,15,16). The minimum Gasteiger partial charge on any atom is -0.481 e. The number of nitrogens with zero attached hydrogens (tertiary/aromatic N) is 1. The minimum atomic E-state index is -0.864. The molecular weight excluding hydrogens is 222 g/mol. The van der Waals surface area contributed by atoms with Crippen LogP contribution in [0.15, 0.2) is 0 Å². The molecule has 0 aliphatic carbocycles. The van der Waals surface area contributed by atoms with Crippen LogP contribution < -0.4 is 0 Å². The van der Waals surface area contributed by atoms with Gasteiger partial charge in [0.15, 0.2) is 0 Å². The molecule has 1 atom stereocenters. The van der Waals surface area contributed by atoms with Gasteiger partial charge in [-0.1, -0.05) is 0 Å². The molecule has 0 radical (unpaired) electrons. The van der Waals surface area contributed by atoms with Crippen molar-refractivity contribution in [3.8, 4) is 0 Å². The summed E-state index contributed by atoms with van der Waals surface area (Å²) in [5.74, 6) is -0.861. The van der Waals surface area contributed by atoms with Crippen LogP contribution in [0.5, 0.6) is 0 Å². The lowest BCUT2D eigenvalue weighted by molar-refractivity contribution is -0.137. The Labute approximate surface area is 101 Å². The normalized spacial score (nSPS) is 25.4. The van der Waals surface area contributed by atoms with Gasteiger partial charge in [0.2, 0.25) is 5.91 Å². The maximum atomic E-state index is 11.8. The fraction of sp³-hybridized carbons (Fsp3) is 0.833. The molecule has 5 nitrogen and oxygen atoms in total. The summed E-state index contributed by atoms with van der Waals surface area (Å²) in [6, 6.07) is 0. The van der Waals surface area contributed by atoms with E-state index in [1.54, 1.807) is 11.8 Å². The van der Waals surface area contributed by atoms with E-state index in [4.69, 9.17) is 5.11 Å². The highest BCUT2D eigenvalue weighted by atomic mass is 16.4. The molecule has 0 aromatic heterocycles. The molecule has 0 spiro atoms. The third-order valence-electron chi connectivity index (χ3n) is 3.20. The maximum absolute atomic E-state index is 11.8. The number of carboxylic acids is 1. The minimum absolute atomic E-state index is 0.00366. The zero-order chi connectivity index (χ0) is 12.9. The smallest absolute Gasteiger partial charge is 0.303 e. The first-order valence-corrected chi connectivity index (χ1v) is 6.13. The summed E-state index contributed by atoms with van der Waals surface area (Å²) < 4.78 is 0. The van der Waals surface area contributed by atoms with Gasteiger partial charge in [-0.25, -0.2) is 0 Å². The van der Waals surface area contributed by atoms with Gasteiger partial charge in [-0.3, -0.25) is 9.59 Å². The van der Waals surface area contributed by atoms with Crippen LogP contribution in [0.1, 0.15) is 45.4 Å². The quantitative estimate of drug-likeness (QED) is 0.772. The van der Waals surface area contributed by atoms with E-state index in [0.717, 1.165) is 6.42 Å². The summed E-state index contributed by atoms with van der Waals surface area (Å²) in [7, 11) is 0. The molecule has 1 aliphatic heterocycles. The fourth-order valence-corrected chi connectivity index (χ4v) is 2.06. The second-order valence-electron chi connectivity index (χ2n) is 4.98. The number of rotatable bonds is 4. The SMILES string of the molecule is CC1(O)CCCN(C(=O)CCCC(=O)O)CC1. The van der Waals surface area contributed by atoms with Gasteiger partial charge in [-0.15, -0.1) is 0 Å². The van der Waals surface area contributed by atoms with Crippen molar-refractivity contribution in [2.24, 2.45) is 0 Å². The summed E-state index contributed by atoms with van der Waals surface area (Å²) in [6.07, 6.45) is 2.83. The molecule has 1 rings (SSSR count). The van der Waals surface area contributed by atoms with Crippen LogP contribution in [0, 0.1) is 0 Å². The molecule has 0 aromatic carbocycles. The van der Waals surface area contributed by atoms with Crippen molar-refractivity contribution in [1.82, 2.24) is 4.90 Å². The van der Waals surface area contributed by atoms with Crippen molar-refractivity contribution in [2.75, 3.05) is 13.1 Å². The lowest BCUT2D eigenvalue weighted by Crippen LogP contribution is -2.33. The van der Waals surface area contributed by atoms with E-state index in [2.05, 4.69) is 0 Å². The average Bonchev–Trinajstić information content (AvgIpc) is 2.38. The molecule has 0 aromatic rings. The molecule has 1 saturated heterocycles. The van der Waals surface area contributed by atoms with E-state index in [0.29, 0.717) is 32.4 Å². The highest BCUT2D eigenvalue weighted by Gasteiger charge is 2.26. The Hall–Kier alpha value is -1.10. The van der Waals surface area contributed by atoms with Gasteiger partial charge in [0.1, 0.15) is 0 Å². The number of carbonyl (C=O) groups is 2. The van der Waals surface area contributed by atoms with Gasteiger partial charge in [-0.05, 0) is 32.6 Å². The lowest BCUT2D eigenvalue weighted by atomic mass is 9.98. The maximum Gasteiger partial charge on any atom is 0.303 e. The molecule has 1 aliphatic rings. The van der Waals surface area contributed by atoms with Crippen molar-refractivity contribution in [3.63, 3.8) is 0 Å². The molecular formula is C12H21NO4. The van der Waals surface area contributed by atoms with Gasteiger partial charge < -0.3 is 15.1 Å². The van der Waals surface area contributed by atoms with Crippen LogP contribution in [0.25, 0.3) is 0 Å². The summed E-state index contributed by atoms with van der Waals surface area (Å²) in [5.41, 5.74) is -0.671. The second kappa shape index (κ2) is 6.00. The predicted octanol–water partition coefficient (Wildman–Crippen LogP) is 1.00. The van der Waals surface area contributed by atoms with E-state index in [9.17, 15) is 14.7 Å². The first-order valence-electron chi connectivity index (χ1n) is 6.13. The topological polar surface area (TPSA) is 77.8 Å². The number of likely N-dealkylation sites (tertiary alicyclic amines) is 1. The van der Waals surface area contributed by atoms with Crippen molar-refractivity contribution in [2.45, 2.75) is 51.0 Å². The zero-order valence-electron chi connectivity index (χ0n) is 10.3. The first kappa shape index (κ1) is 14.0. The number of amides is 1. The number of hydrogen-bond donors (Lipinski definition) is 2. The van der Waals surface area contributed by atoms with Crippen LogP contribution in [-0.2, 0) is 9.59 Å². The van der Waals surface area contributed by atoms with Gasteiger partial charge in [-0.2, -0.15) is 0 Å². The Bertz CT molecular complexity index is 288. The summed E-state index contributed by atoms with van der Waals surface area (Å²) in [4.78, 5) is 23.9. The largest absolute Gasteiger partial charge is 0.481 e. The lowest BCUT2D eigenvalue weighted by Gasteiger charge is -2.22. The van der Waals surface area contributed by atoms with Crippen molar-refractivity contribution in [3.05, 3.63) is 0 Å². The van der Waals surface area contributed by atoms with E-state index in [1.165, 1.54) is 0 Å². The van der Waals surface area contributed by atoms with Crippen molar-refractivity contribution < 1.29 is 19.8 Å². The number of aliphatic hydroxyl groups is 1. The predicted molar refractivity (Wildman–Crippen MR) is 62.5 cm³/mol. The zero-order valence-corrected chi connectivity index (χ0v) is 10.3. The molecule has 17 heavy (non-hydrogen) atoms. The van der Waals surface area contributed by atoms with Gasteiger partial charge >= 0.3 is 5.97 Å². The summed E-state index contributed by atoms with van der Waals surface area (Å²) in [5, 5.41) is 18.4. The van der Waals surface area contributed by atoms with Crippen LogP contribution >= 0.6 is 0 Å². The van der Waals surface area contributed by atoms with Crippen molar-refractivity contribution in [1.29, 1.82) is 0 Å². The van der Waals surface area contributed by atoms with E-state index < -0.39 is 11.6 Å². The molecule has 0 bridgehead atoms. The molecule has 2 N–H and O–H groups in total. The number of hydrogen-bond acceptors (Lipinski definition) is 3. The third-order valence-corrected chi connectivity index (χ3v) is 3.20. The molecule has 0 saturated carbocycles. The molecule has 98 valence electrons. The highest BCUT2D eigenvalue weighted by Crippen LogP contribution is 2.21. The van der Waals surface area contributed by atoms with Gasteiger partial charge in [0.25, 0.3) is 0 Å². The van der Waals surface area contributed by atoms with E-state index in [1.807, 2.05) is 0 Å². The van der Waals surface area contributed by atoms with E-state index in [-0.39, 0.29) is 18.7 Å². The number of carbonyl (C=O) groups excluding carboxylic acids is 1. The second-order valence-corrected chi connectivity index (χ2v) is 4.98. The molecule has 5 heteroatoms. The van der Waals surface area contributed by atoms with Crippen LogP contribution in [0.3, 0.4) is 0 Å². The average molecular weight is 243 g/mol. The monoisotopic (exact) mass is 243 g/mol. The summed E-state index contributed by atoms with van der Waals surface area (Å²) >= 11 is 0. The van der Waals surface area contributed by atoms with Crippen LogP contribution in [-0.4, -0.2) is 45.7 Å². The van der Waals surface area contributed by atoms with Crippen LogP contribution in [0.4, 0.5) is 0 Å². The van der Waals surface area contributed by atoms with Crippen LogP contribution in [0.2, 0.25) is 0 Å². The first-order chi connectivity index (χ1) is 7.91. The number of aliphatic carboxylic acids is 1. The highest BCUT2D eigenvalue weighted by molar-refractivity contribution is 5.77. The molecule has 1 amide bonds. The summed E-state index contributed by atoms with van der Waals surface area (Å²) in [6.45, 7) is 3.03. The third kappa shape index (κ3) is 5.17. The Morgan fingerprint density at radius 1 is 1.24 bits per heavy atom. The van der Waals surface area contributed by atoms with E-state index >= 15 is 0 Å². The Morgan fingerprint density at radius 2 is 1.94 bits per heavy atom. The fourth-order valence-electron chi connectivity index (χ4n) is 2.06. The number of carboxylic acid groups (broad SMARTS) is 1. The Kier molecular flexibility index (Phi) is 4.93. The Morgan fingerprint density at radius 3 is 2.59 bits per heavy atom. The Balaban J connectivity index is 2.34. The van der Waals surface area contributed by atoms with Gasteiger partial charge in [0, 0.05) is 25.9 Å². The van der Waals surface area contributed by atoms with Crippen molar-refractivity contribution >= 4 is 11.9 Å². The molecule has 1 fully saturated rings.